The maximum Gasteiger partial charge on any atom is 0.370 e. The number of halogens is 1. The van der Waals surface area contributed by atoms with Crippen LogP contribution in [-0.2, 0) is 9.09 Å². The molecule has 1 atom stereocenters. The fraction of sp³-hybridized carbons (Fsp3) is 1.00. The van der Waals surface area contributed by atoms with Gasteiger partial charge < -0.3 is 4.52 Å². The minimum Gasteiger partial charge on any atom is -0.309 e. The predicted molar refractivity (Wildman–Crippen MR) is 42.6 cm³/mol. The molecule has 0 spiro atoms. The van der Waals surface area contributed by atoms with Gasteiger partial charge in [-0.05, 0) is 12.8 Å². The summed E-state index contributed by atoms with van der Waals surface area (Å²) < 4.78 is 28.5. The predicted octanol–water partition coefficient (Wildman–Crippen LogP) is 3.13. The topological polar surface area (TPSA) is 26.3 Å². The molecular formula is C7H14FO2P. The molecule has 0 N–H and O–H groups in total. The summed E-state index contributed by atoms with van der Waals surface area (Å²) in [6.07, 6.45) is 4.56. The third-order valence-electron chi connectivity index (χ3n) is 2.26. The zero-order valence-corrected chi connectivity index (χ0v) is 7.65. The van der Waals surface area contributed by atoms with Crippen LogP contribution in [0.4, 0.5) is 4.20 Å². The molecule has 0 radical (unpaired) electrons. The molecule has 1 saturated carbocycles. The van der Waals surface area contributed by atoms with E-state index in [0.717, 1.165) is 32.1 Å². The van der Waals surface area contributed by atoms with Crippen LogP contribution in [0.3, 0.4) is 0 Å². The fourth-order valence-corrected chi connectivity index (χ4v) is 2.82. The van der Waals surface area contributed by atoms with Crippen LogP contribution in [0.15, 0.2) is 0 Å². The van der Waals surface area contributed by atoms with Crippen molar-refractivity contribution < 1.29 is 13.3 Å². The van der Waals surface area contributed by atoms with Gasteiger partial charge >= 0.3 is 7.68 Å². The Morgan fingerprint density at radius 3 is 2.36 bits per heavy atom. The van der Waals surface area contributed by atoms with Gasteiger partial charge in [0.1, 0.15) is 0 Å². The summed E-state index contributed by atoms with van der Waals surface area (Å²) in [7, 11) is -2.56. The van der Waals surface area contributed by atoms with Crippen molar-refractivity contribution in [2.24, 2.45) is 0 Å². The Kier molecular flexibility index (Phi) is 3.08. The number of hydrogen-bond donors (Lipinski definition) is 0. The Labute approximate surface area is 66.7 Å². The summed E-state index contributed by atoms with van der Waals surface area (Å²) in [6.45, 7) is 0. The monoisotopic (exact) mass is 180 g/mol. The molecule has 4 heteroatoms. The lowest BCUT2D eigenvalue weighted by Crippen LogP contribution is -2.11. The lowest BCUT2D eigenvalue weighted by atomic mass is 10.0. The van der Waals surface area contributed by atoms with Crippen molar-refractivity contribution >= 4 is 7.68 Å². The van der Waals surface area contributed by atoms with E-state index in [9.17, 15) is 8.76 Å². The SMILES string of the molecule is COP(=O)(F)C1CCCCC1. The average Bonchev–Trinajstić information content (AvgIpc) is 2.06. The van der Waals surface area contributed by atoms with Crippen LogP contribution < -0.4 is 0 Å². The second-order valence-corrected chi connectivity index (χ2v) is 5.13. The first kappa shape index (κ1) is 9.21. The highest BCUT2D eigenvalue weighted by Gasteiger charge is 2.33. The van der Waals surface area contributed by atoms with Gasteiger partial charge in [0, 0.05) is 7.11 Å². The molecule has 0 heterocycles. The molecule has 0 aromatic heterocycles. The number of hydrogen-bond acceptors (Lipinski definition) is 2. The molecule has 1 rings (SSSR count). The van der Waals surface area contributed by atoms with Gasteiger partial charge in [-0.15, -0.1) is 0 Å². The third-order valence-corrected chi connectivity index (χ3v) is 4.15. The molecule has 0 aliphatic heterocycles. The summed E-state index contributed by atoms with van der Waals surface area (Å²) in [5.41, 5.74) is -0.318. The zero-order chi connectivity index (χ0) is 8.32. The molecule has 1 aliphatic carbocycles. The Balaban J connectivity index is 2.51. The third kappa shape index (κ3) is 2.28. The van der Waals surface area contributed by atoms with Gasteiger partial charge in [-0.1, -0.05) is 19.3 Å². The van der Waals surface area contributed by atoms with E-state index in [-0.39, 0.29) is 5.66 Å². The summed E-state index contributed by atoms with van der Waals surface area (Å²) in [6, 6.07) is 0. The van der Waals surface area contributed by atoms with Crippen molar-refractivity contribution in [1.29, 1.82) is 0 Å². The molecule has 0 amide bonds. The van der Waals surface area contributed by atoms with Crippen LogP contribution in [0.5, 0.6) is 0 Å². The van der Waals surface area contributed by atoms with Crippen molar-refractivity contribution in [1.82, 2.24) is 0 Å². The summed E-state index contributed by atoms with van der Waals surface area (Å²) in [5, 5.41) is 0. The van der Waals surface area contributed by atoms with E-state index >= 15 is 0 Å². The van der Waals surface area contributed by atoms with E-state index in [4.69, 9.17) is 0 Å². The van der Waals surface area contributed by atoms with Crippen LogP contribution in [0.1, 0.15) is 32.1 Å². The van der Waals surface area contributed by atoms with E-state index in [1.54, 1.807) is 0 Å². The highest BCUT2D eigenvalue weighted by molar-refractivity contribution is 7.54. The molecule has 0 saturated heterocycles. The Morgan fingerprint density at radius 2 is 1.91 bits per heavy atom. The highest BCUT2D eigenvalue weighted by atomic mass is 31.2. The Hall–Kier alpha value is 0.120. The second kappa shape index (κ2) is 3.68. The van der Waals surface area contributed by atoms with Crippen molar-refractivity contribution in [2.75, 3.05) is 7.11 Å². The lowest BCUT2D eigenvalue weighted by Gasteiger charge is -2.22. The van der Waals surface area contributed by atoms with Gasteiger partial charge in [-0.25, -0.2) is 0 Å². The molecule has 1 fully saturated rings. The second-order valence-electron chi connectivity index (χ2n) is 3.00. The quantitative estimate of drug-likeness (QED) is 0.610. The van der Waals surface area contributed by atoms with Crippen molar-refractivity contribution in [3.05, 3.63) is 0 Å². The van der Waals surface area contributed by atoms with Crippen LogP contribution in [-0.4, -0.2) is 12.8 Å². The standard InChI is InChI=1S/C7H14FO2P/c1-10-11(8,9)7-5-3-2-4-6-7/h7H,2-6H2,1H3. The maximum absolute atomic E-state index is 13.0. The highest BCUT2D eigenvalue weighted by Crippen LogP contribution is 2.57. The maximum atomic E-state index is 13.0. The van der Waals surface area contributed by atoms with E-state index in [0.29, 0.717) is 0 Å². The van der Waals surface area contributed by atoms with Gasteiger partial charge in [0.15, 0.2) is 0 Å². The summed E-state index contributed by atoms with van der Waals surface area (Å²) in [4.78, 5) is 0. The first-order valence-electron chi connectivity index (χ1n) is 4.02. The van der Waals surface area contributed by atoms with Crippen LogP contribution in [0.25, 0.3) is 0 Å². The average molecular weight is 180 g/mol. The molecule has 11 heavy (non-hydrogen) atoms. The molecule has 1 aliphatic rings. The number of rotatable bonds is 2. The van der Waals surface area contributed by atoms with E-state index < -0.39 is 7.68 Å². The normalized spacial score (nSPS) is 26.4. The minimum absolute atomic E-state index is 0.318. The molecule has 1 unspecified atom stereocenters. The Morgan fingerprint density at radius 1 is 1.36 bits per heavy atom. The molecule has 66 valence electrons. The molecule has 2 nitrogen and oxygen atoms in total. The molecular weight excluding hydrogens is 166 g/mol. The van der Waals surface area contributed by atoms with Gasteiger partial charge in [0.05, 0.1) is 5.66 Å². The van der Waals surface area contributed by atoms with E-state index in [1.807, 2.05) is 0 Å². The van der Waals surface area contributed by atoms with Crippen molar-refractivity contribution in [3.63, 3.8) is 0 Å². The van der Waals surface area contributed by atoms with Crippen LogP contribution >= 0.6 is 7.68 Å². The van der Waals surface area contributed by atoms with Crippen molar-refractivity contribution in [3.8, 4) is 0 Å². The molecule has 0 aromatic carbocycles. The largest absolute Gasteiger partial charge is 0.370 e. The molecule has 0 bridgehead atoms. The van der Waals surface area contributed by atoms with Crippen LogP contribution in [0, 0.1) is 0 Å². The first-order valence-corrected chi connectivity index (χ1v) is 5.60. The first-order chi connectivity index (χ1) is 5.17. The van der Waals surface area contributed by atoms with Crippen molar-refractivity contribution in [2.45, 2.75) is 37.8 Å². The Bertz CT molecular complexity index is 166. The smallest absolute Gasteiger partial charge is 0.309 e. The van der Waals surface area contributed by atoms with Gasteiger partial charge in [0.2, 0.25) is 0 Å². The zero-order valence-electron chi connectivity index (χ0n) is 6.75. The van der Waals surface area contributed by atoms with Crippen LogP contribution in [0.2, 0.25) is 0 Å². The van der Waals surface area contributed by atoms with Gasteiger partial charge in [-0.3, -0.25) is 4.57 Å². The van der Waals surface area contributed by atoms with E-state index in [1.165, 1.54) is 7.11 Å². The van der Waals surface area contributed by atoms with E-state index in [2.05, 4.69) is 4.52 Å². The minimum atomic E-state index is -3.75. The lowest BCUT2D eigenvalue weighted by molar-refractivity contribution is 0.327. The summed E-state index contributed by atoms with van der Waals surface area (Å²) in [5.74, 6) is 0. The molecule has 0 aromatic rings. The summed E-state index contributed by atoms with van der Waals surface area (Å²) >= 11 is 0. The fourth-order valence-electron chi connectivity index (χ4n) is 1.54. The van der Waals surface area contributed by atoms with Gasteiger partial charge in [-0.2, -0.15) is 4.20 Å². The van der Waals surface area contributed by atoms with Gasteiger partial charge in [0.25, 0.3) is 0 Å².